The van der Waals surface area contributed by atoms with E-state index in [1.165, 1.54) is 37.7 Å². The van der Waals surface area contributed by atoms with Gasteiger partial charge >= 0.3 is 0 Å². The topological polar surface area (TPSA) is 51.0 Å². The average Bonchev–Trinajstić information content (AvgIpc) is 3.96. The fourth-order valence-corrected chi connectivity index (χ4v) is 10.8. The third kappa shape index (κ3) is 4.79. The molecule has 5 heteroatoms. The largest absolute Gasteiger partial charge is 0.456 e. The first-order valence-electron chi connectivity index (χ1n) is 19.7. The quantitative estimate of drug-likeness (QED) is 0.180. The van der Waals surface area contributed by atoms with Crippen LogP contribution in [0.4, 0.5) is 0 Å². The van der Waals surface area contributed by atoms with E-state index < -0.39 is 0 Å². The van der Waals surface area contributed by atoms with Crippen LogP contribution in [0.5, 0.6) is 0 Å². The van der Waals surface area contributed by atoms with Crippen LogP contribution < -0.4 is 0 Å². The zero-order valence-corrected chi connectivity index (χ0v) is 32.6. The summed E-state index contributed by atoms with van der Waals surface area (Å²) < 4.78 is 15.1. The molecule has 3 aromatic heterocycles. The second kappa shape index (κ2) is 12.0. The second-order valence-corrected chi connectivity index (χ2v) is 17.1. The highest BCUT2D eigenvalue weighted by molar-refractivity contribution is 7.26. The van der Waals surface area contributed by atoms with E-state index in [-0.39, 0.29) is 11.3 Å². The highest BCUT2D eigenvalue weighted by Gasteiger charge is 2.38. The molecule has 272 valence electrons. The minimum Gasteiger partial charge on any atom is -0.456 e. The number of furan rings is 2. The smallest absolute Gasteiger partial charge is 0.161 e. The lowest BCUT2D eigenvalue weighted by atomic mass is 9.79. The second-order valence-electron chi connectivity index (χ2n) is 16.1. The van der Waals surface area contributed by atoms with Crippen molar-refractivity contribution in [2.75, 3.05) is 0 Å². The number of amidine groups is 1. The van der Waals surface area contributed by atoms with Gasteiger partial charge in [-0.05, 0) is 71.1 Å². The van der Waals surface area contributed by atoms with E-state index in [0.29, 0.717) is 5.84 Å². The maximum Gasteiger partial charge on any atom is 0.161 e. The minimum absolute atomic E-state index is 0.107. The van der Waals surface area contributed by atoms with Crippen LogP contribution in [0.25, 0.3) is 80.9 Å². The Kier molecular flexibility index (Phi) is 6.86. The van der Waals surface area contributed by atoms with Gasteiger partial charge in [0, 0.05) is 69.7 Å². The van der Waals surface area contributed by atoms with Gasteiger partial charge in [0.15, 0.2) is 5.84 Å². The molecule has 0 fully saturated rings. The lowest BCUT2D eigenvalue weighted by molar-refractivity contribution is 0.658. The van der Waals surface area contributed by atoms with E-state index >= 15 is 0 Å². The molecule has 0 radical (unpaired) electrons. The van der Waals surface area contributed by atoms with Gasteiger partial charge in [-0.1, -0.05) is 124 Å². The molecule has 57 heavy (non-hydrogen) atoms. The van der Waals surface area contributed by atoms with Gasteiger partial charge in [0.25, 0.3) is 0 Å². The van der Waals surface area contributed by atoms with Gasteiger partial charge < -0.3 is 8.83 Å². The van der Waals surface area contributed by atoms with Gasteiger partial charge in [-0.2, -0.15) is 0 Å². The molecule has 0 saturated carbocycles. The van der Waals surface area contributed by atoms with Crippen LogP contribution >= 0.6 is 11.3 Å². The van der Waals surface area contributed by atoms with Crippen LogP contribution in [0.15, 0.2) is 164 Å². The maximum absolute atomic E-state index is 6.39. The van der Waals surface area contributed by atoms with Crippen molar-refractivity contribution in [2.45, 2.75) is 32.6 Å². The molecule has 10 aromatic rings. The van der Waals surface area contributed by atoms with Crippen molar-refractivity contribution < 1.29 is 8.83 Å². The Morgan fingerprint density at radius 3 is 2.05 bits per heavy atom. The molecule has 4 heterocycles. The van der Waals surface area contributed by atoms with Crippen molar-refractivity contribution >= 4 is 92.6 Å². The molecule has 1 aliphatic heterocycles. The van der Waals surface area contributed by atoms with E-state index in [1.54, 1.807) is 11.3 Å². The number of hydrogen-bond acceptors (Lipinski definition) is 5. The Morgan fingerprint density at radius 2 is 1.21 bits per heavy atom. The highest BCUT2D eigenvalue weighted by atomic mass is 32.1. The number of rotatable bonds is 3. The number of benzene rings is 7. The van der Waals surface area contributed by atoms with Crippen LogP contribution in [0.2, 0.25) is 0 Å². The molecule has 1 atom stereocenters. The molecule has 1 aliphatic carbocycles. The third-order valence-electron chi connectivity index (χ3n) is 12.4. The number of hydrogen-bond donors (Lipinski definition) is 0. The molecule has 4 nitrogen and oxygen atoms in total. The highest BCUT2D eigenvalue weighted by Crippen LogP contribution is 2.51. The summed E-state index contributed by atoms with van der Waals surface area (Å²) in [6.45, 7) is 6.98. The van der Waals surface area contributed by atoms with E-state index in [1.807, 2.05) is 24.3 Å². The van der Waals surface area contributed by atoms with Gasteiger partial charge in [-0.25, -0.2) is 9.98 Å². The minimum atomic E-state index is -0.184. The summed E-state index contributed by atoms with van der Waals surface area (Å²) in [6, 6.07) is 49.7. The number of fused-ring (bicyclic) bond motifs is 12. The van der Waals surface area contributed by atoms with E-state index in [4.69, 9.17) is 18.8 Å². The Balaban J connectivity index is 1.09. The van der Waals surface area contributed by atoms with Crippen molar-refractivity contribution in [2.24, 2.45) is 15.9 Å². The monoisotopic (exact) mass is 752 g/mol. The lowest BCUT2D eigenvalue weighted by Crippen LogP contribution is -2.19. The van der Waals surface area contributed by atoms with Gasteiger partial charge in [-0.15, -0.1) is 11.3 Å². The van der Waals surface area contributed by atoms with Crippen LogP contribution in [-0.2, 0) is 5.41 Å². The summed E-state index contributed by atoms with van der Waals surface area (Å²) >= 11 is 1.78. The lowest BCUT2D eigenvalue weighted by Gasteiger charge is -2.25. The van der Waals surface area contributed by atoms with Crippen molar-refractivity contribution in [1.29, 1.82) is 0 Å². The first kappa shape index (κ1) is 32.7. The molecular weight excluding hydrogens is 717 g/mol. The first-order valence-corrected chi connectivity index (χ1v) is 20.5. The molecule has 0 N–H and O–H groups in total. The van der Waals surface area contributed by atoms with E-state index in [0.717, 1.165) is 83.1 Å². The SMILES string of the molecule is CC1C/C=C(c2cccc3c2C(C)(C)c2ccccc2-3)/N=C(c2cccc3c2sc2cc4oc5ccccc5c4cc23)\N=C/1c1ccc2c(c1)oc1ccccc12. The predicted molar refractivity (Wildman–Crippen MR) is 239 cm³/mol. The fourth-order valence-electron chi connectivity index (χ4n) is 9.59. The van der Waals surface area contributed by atoms with Gasteiger partial charge in [0.1, 0.15) is 22.3 Å². The van der Waals surface area contributed by atoms with Crippen LogP contribution in [0.3, 0.4) is 0 Å². The fraction of sp³-hybridized carbons (Fsp3) is 0.115. The van der Waals surface area contributed by atoms with Crippen molar-refractivity contribution in [3.05, 3.63) is 173 Å². The maximum atomic E-state index is 6.39. The van der Waals surface area contributed by atoms with E-state index in [9.17, 15) is 0 Å². The molecular formula is C52H36N2O2S. The standard InChI is InChI=1S/C52H36N2O2S/c1-29-22-25-42(37-17-10-15-35-31-12-4-7-19-41(31)52(2,3)48(35)37)53-51(54-49(29)30-23-24-34-32-13-5-8-20-43(32)55-45(34)26-30)38-18-11-16-36-40-27-39-33-14-6-9-21-44(33)56-46(39)28-47(40)57-50(36)38/h4-21,23-29H,22H2,1-3H3/b42-25+,53-51-,54-49+. The average molecular weight is 753 g/mol. The van der Waals surface area contributed by atoms with Crippen molar-refractivity contribution in [1.82, 2.24) is 0 Å². The molecule has 0 amide bonds. The number of para-hydroxylation sites is 2. The number of allylic oxidation sites excluding steroid dienone is 1. The van der Waals surface area contributed by atoms with Crippen molar-refractivity contribution in [3.8, 4) is 11.1 Å². The zero-order valence-electron chi connectivity index (χ0n) is 31.8. The zero-order chi connectivity index (χ0) is 38.0. The Labute approximate surface area is 333 Å². The van der Waals surface area contributed by atoms with Crippen LogP contribution in [0.1, 0.15) is 55.0 Å². The summed E-state index contributed by atoms with van der Waals surface area (Å²) in [5, 5.41) is 6.91. The summed E-state index contributed by atoms with van der Waals surface area (Å²) in [5.74, 6) is 0.820. The van der Waals surface area contributed by atoms with Gasteiger partial charge in [-0.3, -0.25) is 0 Å². The molecule has 0 spiro atoms. The molecule has 2 aliphatic rings. The predicted octanol–water partition coefficient (Wildman–Crippen LogP) is 14.5. The Morgan fingerprint density at radius 1 is 0.561 bits per heavy atom. The molecule has 0 bridgehead atoms. The first-order chi connectivity index (χ1) is 27.9. The summed E-state index contributed by atoms with van der Waals surface area (Å²) in [7, 11) is 0. The molecule has 1 unspecified atom stereocenters. The molecule has 0 saturated heterocycles. The normalized spacial score (nSPS) is 19.3. The Hall–Kier alpha value is -6.56. The summed E-state index contributed by atoms with van der Waals surface area (Å²) in [5.41, 5.74) is 13.9. The molecule has 7 aromatic carbocycles. The van der Waals surface area contributed by atoms with Crippen molar-refractivity contribution in [3.63, 3.8) is 0 Å². The van der Waals surface area contributed by atoms with E-state index in [2.05, 4.69) is 142 Å². The number of thiophene rings is 1. The number of aliphatic imine (C=N–C) groups is 2. The van der Waals surface area contributed by atoms with Crippen LogP contribution in [-0.4, -0.2) is 11.5 Å². The number of nitrogens with zero attached hydrogens (tertiary/aromatic N) is 2. The molecule has 12 rings (SSSR count). The van der Waals surface area contributed by atoms with Gasteiger partial charge in [0.2, 0.25) is 0 Å². The summed E-state index contributed by atoms with van der Waals surface area (Å²) in [6.07, 6.45) is 3.14. The third-order valence-corrected chi connectivity index (χ3v) is 13.6. The Bertz CT molecular complexity index is 3440. The summed E-state index contributed by atoms with van der Waals surface area (Å²) in [4.78, 5) is 11.3. The van der Waals surface area contributed by atoms with Crippen LogP contribution in [0, 0.1) is 5.92 Å². The van der Waals surface area contributed by atoms with Gasteiger partial charge in [0.05, 0.1) is 11.4 Å².